The molecular formula is C16H16N4O2S2. The van der Waals surface area contributed by atoms with Crippen LogP contribution in [0.3, 0.4) is 0 Å². The molecule has 8 heteroatoms. The van der Waals surface area contributed by atoms with Crippen LogP contribution in [0.4, 0.5) is 5.69 Å². The molecule has 0 saturated heterocycles. The second-order valence-electron chi connectivity index (χ2n) is 4.61. The molecule has 0 unspecified atom stereocenters. The molecule has 0 spiro atoms. The first-order chi connectivity index (χ1) is 11.6. The van der Waals surface area contributed by atoms with Crippen LogP contribution in [0.15, 0.2) is 51.4 Å². The maximum atomic E-state index is 12.2. The number of aromatic nitrogens is 2. The highest BCUT2D eigenvalue weighted by Crippen LogP contribution is 2.27. The zero-order chi connectivity index (χ0) is 17.4. The van der Waals surface area contributed by atoms with Crippen LogP contribution < -0.4 is 10.9 Å². The molecule has 0 radical (unpaired) electrons. The summed E-state index contributed by atoms with van der Waals surface area (Å²) in [4.78, 5) is 28.3. The number of carbonyl (C=O) groups excluding carboxylic acids is 1. The van der Waals surface area contributed by atoms with Crippen molar-refractivity contribution in [2.75, 3.05) is 16.8 Å². The molecule has 124 valence electrons. The van der Waals surface area contributed by atoms with Gasteiger partial charge in [-0.1, -0.05) is 23.9 Å². The monoisotopic (exact) mass is 360 g/mol. The summed E-state index contributed by atoms with van der Waals surface area (Å²) in [7, 11) is 0. The fraction of sp³-hybridized carbons (Fsp3) is 0.250. The summed E-state index contributed by atoms with van der Waals surface area (Å²) < 4.78 is 1.82. The second-order valence-corrected chi connectivity index (χ2v) is 6.57. The van der Waals surface area contributed by atoms with Crippen molar-refractivity contribution in [3.63, 3.8) is 0 Å². The fourth-order valence-corrected chi connectivity index (χ4v) is 3.40. The number of para-hydroxylation sites is 1. The second kappa shape index (κ2) is 9.15. The summed E-state index contributed by atoms with van der Waals surface area (Å²) in [5, 5.41) is 12.0. The highest BCUT2D eigenvalue weighted by molar-refractivity contribution is 8.00. The van der Waals surface area contributed by atoms with E-state index in [1.54, 1.807) is 12.3 Å². The Labute approximate surface area is 148 Å². The number of benzene rings is 1. The average molecular weight is 360 g/mol. The Hall–Kier alpha value is -2.24. The minimum atomic E-state index is -0.319. The number of aryl methyl sites for hydroxylation is 1. The molecule has 24 heavy (non-hydrogen) atoms. The van der Waals surface area contributed by atoms with E-state index in [0.717, 1.165) is 4.90 Å². The Morgan fingerprint density at radius 3 is 2.88 bits per heavy atom. The van der Waals surface area contributed by atoms with Gasteiger partial charge in [0.2, 0.25) is 5.91 Å². The van der Waals surface area contributed by atoms with E-state index in [0.29, 0.717) is 23.1 Å². The first-order valence-corrected chi connectivity index (χ1v) is 9.20. The summed E-state index contributed by atoms with van der Waals surface area (Å²) in [6.45, 7) is 2.61. The number of hydrogen-bond donors (Lipinski definition) is 1. The molecule has 1 aromatic heterocycles. The van der Waals surface area contributed by atoms with Crippen molar-refractivity contribution in [2.24, 2.45) is 0 Å². The lowest BCUT2D eigenvalue weighted by Gasteiger charge is -2.11. The topological polar surface area (TPSA) is 87.8 Å². The molecule has 2 aromatic rings. The molecule has 2 rings (SSSR count). The third-order valence-electron chi connectivity index (χ3n) is 2.98. The van der Waals surface area contributed by atoms with Crippen LogP contribution in [0.5, 0.6) is 0 Å². The van der Waals surface area contributed by atoms with Crippen molar-refractivity contribution in [1.29, 1.82) is 5.26 Å². The number of amides is 1. The Kier molecular flexibility index (Phi) is 6.90. The van der Waals surface area contributed by atoms with Crippen LogP contribution in [0.25, 0.3) is 0 Å². The predicted molar refractivity (Wildman–Crippen MR) is 96.3 cm³/mol. The van der Waals surface area contributed by atoms with Gasteiger partial charge in [-0.25, -0.2) is 0 Å². The van der Waals surface area contributed by atoms with Gasteiger partial charge < -0.3 is 9.88 Å². The van der Waals surface area contributed by atoms with E-state index in [9.17, 15) is 9.59 Å². The molecule has 0 aliphatic rings. The van der Waals surface area contributed by atoms with E-state index in [1.165, 1.54) is 29.6 Å². The van der Waals surface area contributed by atoms with Gasteiger partial charge in [0.1, 0.15) is 0 Å². The van der Waals surface area contributed by atoms with Gasteiger partial charge in [0, 0.05) is 23.7 Å². The Morgan fingerprint density at radius 2 is 2.12 bits per heavy atom. The van der Waals surface area contributed by atoms with Crippen molar-refractivity contribution < 1.29 is 4.79 Å². The Morgan fingerprint density at radius 1 is 1.33 bits per heavy atom. The van der Waals surface area contributed by atoms with Gasteiger partial charge in [-0.2, -0.15) is 10.2 Å². The zero-order valence-corrected chi connectivity index (χ0v) is 14.7. The third kappa shape index (κ3) is 5.15. The van der Waals surface area contributed by atoms with Crippen molar-refractivity contribution in [3.8, 4) is 6.07 Å². The summed E-state index contributed by atoms with van der Waals surface area (Å²) in [6.07, 6.45) is 1.67. The van der Waals surface area contributed by atoms with E-state index in [1.807, 2.05) is 29.7 Å². The van der Waals surface area contributed by atoms with E-state index < -0.39 is 0 Å². The van der Waals surface area contributed by atoms with Gasteiger partial charge in [-0.05, 0) is 19.1 Å². The maximum absolute atomic E-state index is 12.2. The van der Waals surface area contributed by atoms with Crippen LogP contribution in [0.2, 0.25) is 0 Å². The number of hydrogen-bond acceptors (Lipinski definition) is 6. The van der Waals surface area contributed by atoms with Crippen LogP contribution in [-0.2, 0) is 11.3 Å². The maximum Gasteiger partial charge on any atom is 0.273 e. The number of nitrogens with zero attached hydrogens (tertiary/aromatic N) is 3. The summed E-state index contributed by atoms with van der Waals surface area (Å²) in [6, 6.07) is 10.8. The summed E-state index contributed by atoms with van der Waals surface area (Å²) in [5.74, 6) is 0.275. The average Bonchev–Trinajstić information content (AvgIpc) is 2.59. The highest BCUT2D eigenvalue weighted by atomic mass is 32.2. The lowest BCUT2D eigenvalue weighted by Crippen LogP contribution is -2.17. The lowest BCUT2D eigenvalue weighted by molar-refractivity contribution is -0.113. The zero-order valence-electron chi connectivity index (χ0n) is 13.1. The van der Waals surface area contributed by atoms with Crippen LogP contribution in [0, 0.1) is 11.3 Å². The van der Waals surface area contributed by atoms with Crippen LogP contribution in [-0.4, -0.2) is 27.0 Å². The summed E-state index contributed by atoms with van der Waals surface area (Å²) >= 11 is 2.59. The number of anilines is 1. The molecule has 0 bridgehead atoms. The third-order valence-corrected chi connectivity index (χ3v) is 4.91. The molecule has 0 aliphatic heterocycles. The number of thioether (sulfide) groups is 2. The lowest BCUT2D eigenvalue weighted by atomic mass is 10.3. The van der Waals surface area contributed by atoms with Crippen molar-refractivity contribution in [2.45, 2.75) is 23.5 Å². The van der Waals surface area contributed by atoms with E-state index in [-0.39, 0.29) is 17.2 Å². The van der Waals surface area contributed by atoms with Gasteiger partial charge in [0.05, 0.1) is 23.3 Å². The molecule has 0 saturated carbocycles. The van der Waals surface area contributed by atoms with Crippen molar-refractivity contribution >= 4 is 35.1 Å². The van der Waals surface area contributed by atoms with Crippen LogP contribution >= 0.6 is 23.5 Å². The number of rotatable bonds is 7. The number of nitriles is 1. The van der Waals surface area contributed by atoms with Gasteiger partial charge in [0.15, 0.2) is 5.16 Å². The van der Waals surface area contributed by atoms with Crippen LogP contribution in [0.1, 0.15) is 6.92 Å². The fourth-order valence-electron chi connectivity index (χ4n) is 1.89. The summed E-state index contributed by atoms with van der Waals surface area (Å²) in [5.41, 5.74) is 0.359. The van der Waals surface area contributed by atoms with E-state index in [4.69, 9.17) is 5.26 Å². The molecule has 6 nitrogen and oxygen atoms in total. The molecule has 1 amide bonds. The standard InChI is InChI=1S/C16H16N4O2S2/c1-2-20-9-7-14(21)19-16(20)24-11-15(22)18-12-5-3-4-6-13(12)23-10-8-17/h3-7,9H,2,10-11H2,1H3,(H,18,22). The quantitative estimate of drug-likeness (QED) is 0.603. The minimum absolute atomic E-state index is 0.147. The molecular weight excluding hydrogens is 344 g/mol. The smallest absolute Gasteiger partial charge is 0.273 e. The molecule has 1 aromatic carbocycles. The number of nitrogens with one attached hydrogen (secondary N) is 1. The van der Waals surface area contributed by atoms with Gasteiger partial charge in [0.25, 0.3) is 5.56 Å². The van der Waals surface area contributed by atoms with E-state index >= 15 is 0 Å². The highest BCUT2D eigenvalue weighted by Gasteiger charge is 2.10. The largest absolute Gasteiger partial charge is 0.328 e. The van der Waals surface area contributed by atoms with Crippen molar-refractivity contribution in [3.05, 3.63) is 46.9 Å². The molecule has 0 fully saturated rings. The normalized spacial score (nSPS) is 10.2. The number of carbonyl (C=O) groups is 1. The van der Waals surface area contributed by atoms with Gasteiger partial charge in [-0.3, -0.25) is 9.59 Å². The SMILES string of the molecule is CCn1ccc(=O)nc1SCC(=O)Nc1ccccc1SCC#N. The first-order valence-electron chi connectivity index (χ1n) is 7.23. The minimum Gasteiger partial charge on any atom is -0.328 e. The molecule has 0 atom stereocenters. The Balaban J connectivity index is 2.01. The van der Waals surface area contributed by atoms with Crippen molar-refractivity contribution in [1.82, 2.24) is 9.55 Å². The molecule has 1 heterocycles. The van der Waals surface area contributed by atoms with Gasteiger partial charge in [-0.15, -0.1) is 11.8 Å². The molecule has 1 N–H and O–H groups in total. The first kappa shape index (κ1) is 18.1. The predicted octanol–water partition coefficient (Wildman–Crippen LogP) is 2.61. The Bertz CT molecular complexity index is 814. The van der Waals surface area contributed by atoms with E-state index in [2.05, 4.69) is 16.4 Å². The van der Waals surface area contributed by atoms with Gasteiger partial charge >= 0.3 is 0 Å². The molecule has 0 aliphatic carbocycles.